The molecule has 0 fully saturated rings. The summed E-state index contributed by atoms with van der Waals surface area (Å²) in [5, 5.41) is 3.19. The molecule has 0 spiro atoms. The van der Waals surface area contributed by atoms with Crippen molar-refractivity contribution in [1.82, 2.24) is 9.55 Å². The van der Waals surface area contributed by atoms with Crippen molar-refractivity contribution in [3.05, 3.63) is 65.7 Å². The second-order valence-corrected chi connectivity index (χ2v) is 6.84. The van der Waals surface area contributed by atoms with Gasteiger partial charge < -0.3 is 24.1 Å². The fourth-order valence-electron chi connectivity index (χ4n) is 2.77. The van der Waals surface area contributed by atoms with Crippen LogP contribution in [0.4, 0.5) is 5.69 Å². The zero-order valence-corrected chi connectivity index (χ0v) is 17.7. The third-order valence-electron chi connectivity index (χ3n) is 4.24. The Bertz CT molecular complexity index is 977. The predicted molar refractivity (Wildman–Crippen MR) is 116 cm³/mol. The van der Waals surface area contributed by atoms with Gasteiger partial charge in [-0.1, -0.05) is 30.7 Å². The van der Waals surface area contributed by atoms with Gasteiger partial charge in [0.1, 0.15) is 12.4 Å². The van der Waals surface area contributed by atoms with Crippen molar-refractivity contribution >= 4 is 23.2 Å². The Balaban J connectivity index is 1.72. The average Bonchev–Trinajstić information content (AvgIpc) is 3.27. The van der Waals surface area contributed by atoms with Crippen molar-refractivity contribution in [2.24, 2.45) is 0 Å². The number of benzene rings is 2. The zero-order chi connectivity index (χ0) is 21.3. The second kappa shape index (κ2) is 10.5. The highest BCUT2D eigenvalue weighted by Crippen LogP contribution is 2.37. The van der Waals surface area contributed by atoms with Crippen LogP contribution in [0.2, 0.25) is 5.02 Å². The molecular weight excluding hydrogens is 406 g/mol. The number of hydrogen-bond donors (Lipinski definition) is 1. The number of amides is 1. The summed E-state index contributed by atoms with van der Waals surface area (Å²) >= 11 is 6.33. The SMILES string of the molecule is CCCOc1c(Cl)cc(C(=O)Nc2ccccc2OCCn2ccnc2)cc1OC. The van der Waals surface area contributed by atoms with E-state index in [2.05, 4.69) is 10.3 Å². The van der Waals surface area contributed by atoms with Crippen LogP contribution in [-0.2, 0) is 6.54 Å². The van der Waals surface area contributed by atoms with Crippen LogP contribution in [0.1, 0.15) is 23.7 Å². The van der Waals surface area contributed by atoms with Gasteiger partial charge in [0.2, 0.25) is 0 Å². The maximum Gasteiger partial charge on any atom is 0.255 e. The van der Waals surface area contributed by atoms with E-state index in [4.69, 9.17) is 25.8 Å². The molecule has 0 aliphatic carbocycles. The highest BCUT2D eigenvalue weighted by molar-refractivity contribution is 6.32. The minimum atomic E-state index is -0.331. The molecule has 3 rings (SSSR count). The lowest BCUT2D eigenvalue weighted by Crippen LogP contribution is -2.14. The maximum atomic E-state index is 12.8. The minimum Gasteiger partial charge on any atom is -0.493 e. The van der Waals surface area contributed by atoms with Gasteiger partial charge in [-0.25, -0.2) is 4.98 Å². The van der Waals surface area contributed by atoms with Gasteiger partial charge in [0.05, 0.1) is 37.3 Å². The van der Waals surface area contributed by atoms with Crippen LogP contribution in [0.5, 0.6) is 17.2 Å². The number of ether oxygens (including phenoxy) is 3. The number of anilines is 1. The molecule has 30 heavy (non-hydrogen) atoms. The number of halogens is 1. The first kappa shape index (κ1) is 21.5. The van der Waals surface area contributed by atoms with Crippen LogP contribution < -0.4 is 19.5 Å². The molecule has 1 aromatic heterocycles. The number of carbonyl (C=O) groups excluding carboxylic acids is 1. The zero-order valence-electron chi connectivity index (χ0n) is 16.9. The van der Waals surface area contributed by atoms with Crippen LogP contribution in [0, 0.1) is 0 Å². The van der Waals surface area contributed by atoms with Gasteiger partial charge in [0, 0.05) is 18.0 Å². The quantitative estimate of drug-likeness (QED) is 0.507. The highest BCUT2D eigenvalue weighted by atomic mass is 35.5. The highest BCUT2D eigenvalue weighted by Gasteiger charge is 2.17. The summed E-state index contributed by atoms with van der Waals surface area (Å²) in [6.45, 7) is 3.59. The van der Waals surface area contributed by atoms with E-state index in [1.54, 1.807) is 36.8 Å². The first-order chi connectivity index (χ1) is 14.6. The second-order valence-electron chi connectivity index (χ2n) is 6.44. The predicted octanol–water partition coefficient (Wildman–Crippen LogP) is 4.67. The van der Waals surface area contributed by atoms with Crippen LogP contribution >= 0.6 is 11.6 Å². The lowest BCUT2D eigenvalue weighted by atomic mass is 10.1. The molecule has 1 N–H and O–H groups in total. The van der Waals surface area contributed by atoms with E-state index in [0.29, 0.717) is 53.3 Å². The minimum absolute atomic E-state index is 0.317. The number of nitrogens with zero attached hydrogens (tertiary/aromatic N) is 2. The molecule has 1 amide bonds. The molecule has 0 aliphatic heterocycles. The third-order valence-corrected chi connectivity index (χ3v) is 4.52. The summed E-state index contributed by atoms with van der Waals surface area (Å²) in [5.41, 5.74) is 0.920. The molecule has 0 radical (unpaired) electrons. The van der Waals surface area contributed by atoms with Crippen LogP contribution in [0.3, 0.4) is 0 Å². The number of aromatic nitrogens is 2. The van der Waals surface area contributed by atoms with E-state index in [1.165, 1.54) is 7.11 Å². The van der Waals surface area contributed by atoms with Crippen LogP contribution in [0.25, 0.3) is 0 Å². The fourth-order valence-corrected chi connectivity index (χ4v) is 3.03. The lowest BCUT2D eigenvalue weighted by Gasteiger charge is -2.15. The van der Waals surface area contributed by atoms with Gasteiger partial charge in [0.25, 0.3) is 5.91 Å². The van der Waals surface area contributed by atoms with E-state index in [-0.39, 0.29) is 5.91 Å². The molecular formula is C22H24ClN3O4. The van der Waals surface area contributed by atoms with Gasteiger partial charge in [-0.3, -0.25) is 4.79 Å². The van der Waals surface area contributed by atoms with Crippen LogP contribution in [0.15, 0.2) is 55.1 Å². The Morgan fingerprint density at radius 2 is 2.00 bits per heavy atom. The van der Waals surface area contributed by atoms with Crippen molar-refractivity contribution in [3.8, 4) is 17.2 Å². The molecule has 0 unspecified atom stereocenters. The Kier molecular flexibility index (Phi) is 7.57. The molecule has 2 aromatic carbocycles. The number of para-hydroxylation sites is 2. The van der Waals surface area contributed by atoms with Gasteiger partial charge >= 0.3 is 0 Å². The first-order valence-electron chi connectivity index (χ1n) is 9.61. The molecule has 0 saturated heterocycles. The Morgan fingerprint density at radius 1 is 1.17 bits per heavy atom. The Hall–Kier alpha value is -3.19. The molecule has 0 saturated carbocycles. The number of nitrogens with one attached hydrogen (secondary N) is 1. The molecule has 0 bridgehead atoms. The maximum absolute atomic E-state index is 12.8. The van der Waals surface area contributed by atoms with Gasteiger partial charge in [-0.2, -0.15) is 0 Å². The number of methoxy groups -OCH3 is 1. The van der Waals surface area contributed by atoms with Crippen molar-refractivity contribution in [2.45, 2.75) is 19.9 Å². The van der Waals surface area contributed by atoms with E-state index >= 15 is 0 Å². The van der Waals surface area contributed by atoms with Gasteiger partial charge in [-0.15, -0.1) is 0 Å². The van der Waals surface area contributed by atoms with E-state index in [0.717, 1.165) is 6.42 Å². The number of rotatable bonds is 10. The fraction of sp³-hybridized carbons (Fsp3) is 0.273. The topological polar surface area (TPSA) is 74.6 Å². The molecule has 7 nitrogen and oxygen atoms in total. The average molecular weight is 430 g/mol. The molecule has 0 aliphatic rings. The summed E-state index contributed by atoms with van der Waals surface area (Å²) in [6.07, 6.45) is 6.13. The smallest absolute Gasteiger partial charge is 0.255 e. The third kappa shape index (κ3) is 5.45. The normalized spacial score (nSPS) is 10.5. The summed E-state index contributed by atoms with van der Waals surface area (Å²) < 4.78 is 18.8. The number of carbonyl (C=O) groups is 1. The molecule has 3 aromatic rings. The largest absolute Gasteiger partial charge is 0.493 e. The molecule has 1 heterocycles. The molecule has 158 valence electrons. The Labute approximate surface area is 180 Å². The van der Waals surface area contributed by atoms with Crippen molar-refractivity contribution < 1.29 is 19.0 Å². The van der Waals surface area contributed by atoms with Crippen molar-refractivity contribution in [3.63, 3.8) is 0 Å². The van der Waals surface area contributed by atoms with E-state index in [9.17, 15) is 4.79 Å². The van der Waals surface area contributed by atoms with Gasteiger partial charge in [-0.05, 0) is 30.7 Å². The summed E-state index contributed by atoms with van der Waals surface area (Å²) in [7, 11) is 1.51. The van der Waals surface area contributed by atoms with Gasteiger partial charge in [0.15, 0.2) is 11.5 Å². The first-order valence-corrected chi connectivity index (χ1v) is 9.99. The number of imidazole rings is 1. The standard InChI is InChI=1S/C22H24ClN3O4/c1-3-11-30-21-17(23)13-16(14-20(21)28-2)22(27)25-18-6-4-5-7-19(18)29-12-10-26-9-8-24-15-26/h4-9,13-15H,3,10-12H2,1-2H3,(H,25,27). The molecule has 8 heteroatoms. The van der Waals surface area contributed by atoms with Crippen molar-refractivity contribution in [1.29, 1.82) is 0 Å². The van der Waals surface area contributed by atoms with E-state index < -0.39 is 0 Å². The lowest BCUT2D eigenvalue weighted by molar-refractivity contribution is 0.102. The summed E-state index contributed by atoms with van der Waals surface area (Å²) in [5.74, 6) is 1.08. The summed E-state index contributed by atoms with van der Waals surface area (Å²) in [4.78, 5) is 16.8. The van der Waals surface area contributed by atoms with Crippen molar-refractivity contribution in [2.75, 3.05) is 25.6 Å². The summed E-state index contributed by atoms with van der Waals surface area (Å²) in [6, 6.07) is 10.4. The van der Waals surface area contributed by atoms with Crippen LogP contribution in [-0.4, -0.2) is 35.8 Å². The Morgan fingerprint density at radius 3 is 2.73 bits per heavy atom. The molecule has 0 atom stereocenters. The monoisotopic (exact) mass is 429 g/mol. The van der Waals surface area contributed by atoms with E-state index in [1.807, 2.05) is 29.8 Å². The number of hydrogen-bond acceptors (Lipinski definition) is 5.